The van der Waals surface area contributed by atoms with Crippen molar-refractivity contribution in [2.45, 2.75) is 19.3 Å². The fourth-order valence-electron chi connectivity index (χ4n) is 2.56. The first-order valence-electron chi connectivity index (χ1n) is 8.28. The van der Waals surface area contributed by atoms with Crippen molar-refractivity contribution in [2.75, 3.05) is 5.73 Å². The fraction of sp³-hybridized carbons (Fsp3) is 0.143. The number of amides is 1. The maximum atomic E-state index is 12.2. The molecule has 0 aliphatic heterocycles. The fourth-order valence-corrected chi connectivity index (χ4v) is 2.56. The van der Waals surface area contributed by atoms with E-state index < -0.39 is 0 Å². The standard InChI is InChI=1S/C20H19NO2.CH3NO/c21-19-9-5-4-6-15(19)10-11-17-12-13-18(23-17)14-20(22)16-7-2-1-3-8-16;2-1-3/h1-9,12-13H,10-11,14,21H2;1H,(H2,2,3). The van der Waals surface area contributed by atoms with Crippen LogP contribution in [0.15, 0.2) is 71.1 Å². The number of para-hydroxylation sites is 1. The smallest absolute Gasteiger partial charge is 0.204 e. The molecular formula is C21H22N2O3. The van der Waals surface area contributed by atoms with Gasteiger partial charge < -0.3 is 15.9 Å². The second-order valence-corrected chi connectivity index (χ2v) is 5.67. The van der Waals surface area contributed by atoms with Gasteiger partial charge in [-0.1, -0.05) is 48.5 Å². The van der Waals surface area contributed by atoms with E-state index in [-0.39, 0.29) is 18.6 Å². The molecule has 0 fully saturated rings. The number of carbonyl (C=O) groups excluding carboxylic acids is 2. The average Bonchev–Trinajstić information content (AvgIpc) is 3.10. The third-order valence-corrected chi connectivity index (χ3v) is 3.84. The lowest BCUT2D eigenvalue weighted by Crippen LogP contribution is -2.02. The van der Waals surface area contributed by atoms with Gasteiger partial charge in [-0.25, -0.2) is 0 Å². The number of ketones is 1. The number of rotatable bonds is 6. The van der Waals surface area contributed by atoms with Gasteiger partial charge in [-0.2, -0.15) is 0 Å². The van der Waals surface area contributed by atoms with Crippen LogP contribution in [0.4, 0.5) is 5.69 Å². The molecule has 1 amide bonds. The van der Waals surface area contributed by atoms with E-state index in [0.29, 0.717) is 11.3 Å². The van der Waals surface area contributed by atoms with Gasteiger partial charge in [0.25, 0.3) is 0 Å². The number of nitrogens with two attached hydrogens (primary N) is 2. The molecule has 5 nitrogen and oxygen atoms in total. The number of hydrogen-bond acceptors (Lipinski definition) is 4. The summed E-state index contributed by atoms with van der Waals surface area (Å²) < 4.78 is 5.78. The van der Waals surface area contributed by atoms with Crippen molar-refractivity contribution in [3.8, 4) is 0 Å². The van der Waals surface area contributed by atoms with Crippen molar-refractivity contribution in [3.63, 3.8) is 0 Å². The van der Waals surface area contributed by atoms with Gasteiger partial charge in [0, 0.05) is 17.7 Å². The molecule has 1 heterocycles. The van der Waals surface area contributed by atoms with Crippen LogP contribution in [0, 0.1) is 0 Å². The molecule has 3 rings (SSSR count). The zero-order chi connectivity index (χ0) is 18.8. The van der Waals surface area contributed by atoms with Gasteiger partial charge in [0.1, 0.15) is 11.5 Å². The van der Waals surface area contributed by atoms with Gasteiger partial charge in [0.05, 0.1) is 6.42 Å². The Balaban J connectivity index is 0.000000758. The highest BCUT2D eigenvalue weighted by Gasteiger charge is 2.10. The van der Waals surface area contributed by atoms with E-state index in [4.69, 9.17) is 14.9 Å². The summed E-state index contributed by atoms with van der Waals surface area (Å²) in [6.45, 7) is 0. The van der Waals surface area contributed by atoms with Crippen molar-refractivity contribution in [2.24, 2.45) is 5.73 Å². The molecule has 0 aliphatic rings. The van der Waals surface area contributed by atoms with Gasteiger partial charge in [0.2, 0.25) is 6.41 Å². The molecule has 0 saturated carbocycles. The van der Waals surface area contributed by atoms with E-state index in [2.05, 4.69) is 5.73 Å². The summed E-state index contributed by atoms with van der Waals surface area (Å²) in [7, 11) is 0. The number of hydrogen-bond donors (Lipinski definition) is 2. The SMILES string of the molecule is NC=O.Nc1ccccc1CCc1ccc(CC(=O)c2ccccc2)o1. The summed E-state index contributed by atoms with van der Waals surface area (Å²) in [6, 6.07) is 20.9. The van der Waals surface area contributed by atoms with Crippen molar-refractivity contribution in [3.05, 3.63) is 89.4 Å². The molecule has 0 saturated heterocycles. The van der Waals surface area contributed by atoms with E-state index in [9.17, 15) is 4.79 Å². The Morgan fingerprint density at radius 3 is 2.19 bits per heavy atom. The molecule has 134 valence electrons. The number of benzene rings is 2. The number of furan rings is 1. The lowest BCUT2D eigenvalue weighted by atomic mass is 10.1. The number of anilines is 1. The molecule has 4 N–H and O–H groups in total. The number of Topliss-reactive ketones (excluding diaryl/α,β-unsaturated/α-hetero) is 1. The monoisotopic (exact) mass is 350 g/mol. The minimum Gasteiger partial charge on any atom is -0.466 e. The first kappa shape index (κ1) is 19.0. The van der Waals surface area contributed by atoms with Gasteiger partial charge in [-0.15, -0.1) is 0 Å². The van der Waals surface area contributed by atoms with Crippen LogP contribution in [0.3, 0.4) is 0 Å². The molecular weight excluding hydrogens is 328 g/mol. The largest absolute Gasteiger partial charge is 0.466 e. The molecule has 3 aromatic rings. The van der Waals surface area contributed by atoms with E-state index in [1.807, 2.05) is 66.7 Å². The number of nitrogen functional groups attached to an aromatic ring is 1. The predicted molar refractivity (Wildman–Crippen MR) is 102 cm³/mol. The highest BCUT2D eigenvalue weighted by molar-refractivity contribution is 5.97. The Bertz CT molecular complexity index is 841. The van der Waals surface area contributed by atoms with Crippen LogP contribution >= 0.6 is 0 Å². The molecule has 0 radical (unpaired) electrons. The molecule has 26 heavy (non-hydrogen) atoms. The van der Waals surface area contributed by atoms with Crippen LogP contribution in [-0.2, 0) is 24.1 Å². The topological polar surface area (TPSA) is 99.3 Å². The summed E-state index contributed by atoms with van der Waals surface area (Å²) in [5.41, 5.74) is 12.7. The molecule has 1 aromatic heterocycles. The Morgan fingerprint density at radius 1 is 0.885 bits per heavy atom. The summed E-state index contributed by atoms with van der Waals surface area (Å²) in [5, 5.41) is 0. The Hall–Kier alpha value is -3.34. The number of aryl methyl sites for hydroxylation is 2. The third kappa shape index (κ3) is 5.63. The number of primary amides is 1. The summed E-state index contributed by atoms with van der Waals surface area (Å²) in [4.78, 5) is 20.8. The van der Waals surface area contributed by atoms with Gasteiger partial charge >= 0.3 is 0 Å². The lowest BCUT2D eigenvalue weighted by molar-refractivity contribution is -0.106. The van der Waals surface area contributed by atoms with Crippen LogP contribution in [0.1, 0.15) is 27.4 Å². The van der Waals surface area contributed by atoms with Crippen LogP contribution < -0.4 is 11.5 Å². The summed E-state index contributed by atoms with van der Waals surface area (Å²) in [5.74, 6) is 1.65. The van der Waals surface area contributed by atoms with Crippen LogP contribution in [0.25, 0.3) is 0 Å². The Labute approximate surface area is 152 Å². The highest BCUT2D eigenvalue weighted by Crippen LogP contribution is 2.17. The summed E-state index contributed by atoms with van der Waals surface area (Å²) >= 11 is 0. The first-order valence-corrected chi connectivity index (χ1v) is 8.28. The maximum absolute atomic E-state index is 12.2. The Kier molecular flexibility index (Phi) is 7.18. The van der Waals surface area contributed by atoms with Crippen LogP contribution in [-0.4, -0.2) is 12.2 Å². The minimum atomic E-state index is 0.0683. The van der Waals surface area contributed by atoms with Gasteiger partial charge in [-0.3, -0.25) is 9.59 Å². The molecule has 0 spiro atoms. The zero-order valence-electron chi connectivity index (χ0n) is 14.4. The second kappa shape index (κ2) is 9.84. The lowest BCUT2D eigenvalue weighted by Gasteiger charge is -2.03. The zero-order valence-corrected chi connectivity index (χ0v) is 14.4. The van der Waals surface area contributed by atoms with E-state index in [1.54, 1.807) is 0 Å². The minimum absolute atomic E-state index is 0.0683. The van der Waals surface area contributed by atoms with Crippen molar-refractivity contribution in [1.82, 2.24) is 0 Å². The number of carbonyl (C=O) groups is 2. The molecule has 5 heteroatoms. The van der Waals surface area contributed by atoms with E-state index >= 15 is 0 Å². The third-order valence-electron chi connectivity index (χ3n) is 3.84. The molecule has 2 aromatic carbocycles. The van der Waals surface area contributed by atoms with Crippen LogP contribution in [0.5, 0.6) is 0 Å². The molecule has 0 aliphatic carbocycles. The Morgan fingerprint density at radius 2 is 1.50 bits per heavy atom. The molecule has 0 unspecified atom stereocenters. The predicted octanol–water partition coefficient (Wildman–Crippen LogP) is 3.17. The average molecular weight is 350 g/mol. The van der Waals surface area contributed by atoms with Gasteiger partial charge in [0.15, 0.2) is 5.78 Å². The van der Waals surface area contributed by atoms with E-state index in [0.717, 1.165) is 29.9 Å². The second-order valence-electron chi connectivity index (χ2n) is 5.67. The van der Waals surface area contributed by atoms with Crippen molar-refractivity contribution in [1.29, 1.82) is 0 Å². The highest BCUT2D eigenvalue weighted by atomic mass is 16.3. The van der Waals surface area contributed by atoms with Crippen LogP contribution in [0.2, 0.25) is 0 Å². The van der Waals surface area contributed by atoms with Crippen molar-refractivity contribution < 1.29 is 14.0 Å². The first-order chi connectivity index (χ1) is 12.6. The van der Waals surface area contributed by atoms with E-state index in [1.165, 1.54) is 0 Å². The molecule has 0 bridgehead atoms. The van der Waals surface area contributed by atoms with Gasteiger partial charge in [-0.05, 0) is 30.2 Å². The summed E-state index contributed by atoms with van der Waals surface area (Å²) in [6.07, 6.45) is 2.14. The molecule has 0 atom stereocenters. The quantitative estimate of drug-likeness (QED) is 0.405. The maximum Gasteiger partial charge on any atom is 0.204 e. The van der Waals surface area contributed by atoms with Crippen molar-refractivity contribution >= 4 is 17.9 Å². The normalized spacial score (nSPS) is 9.85.